The van der Waals surface area contributed by atoms with Crippen molar-refractivity contribution in [3.63, 3.8) is 0 Å². The zero-order valence-corrected chi connectivity index (χ0v) is 14.0. The van der Waals surface area contributed by atoms with Crippen molar-refractivity contribution in [3.8, 4) is 11.4 Å². The van der Waals surface area contributed by atoms with Gasteiger partial charge in [-0.15, -0.1) is 0 Å². The third kappa shape index (κ3) is 3.31. The minimum atomic E-state index is 0.565. The molecule has 7 heteroatoms. The van der Waals surface area contributed by atoms with Gasteiger partial charge in [-0.3, -0.25) is 9.88 Å². The van der Waals surface area contributed by atoms with Crippen LogP contribution in [0.25, 0.3) is 11.4 Å². The molecule has 0 aromatic carbocycles. The molecule has 0 N–H and O–H groups in total. The van der Waals surface area contributed by atoms with Crippen molar-refractivity contribution in [3.05, 3.63) is 30.4 Å². The van der Waals surface area contributed by atoms with Gasteiger partial charge in [0, 0.05) is 42.3 Å². The van der Waals surface area contributed by atoms with Gasteiger partial charge in [-0.25, -0.2) is 0 Å². The minimum absolute atomic E-state index is 0.565. The molecule has 0 unspecified atom stereocenters. The van der Waals surface area contributed by atoms with E-state index >= 15 is 0 Å². The van der Waals surface area contributed by atoms with E-state index in [-0.39, 0.29) is 0 Å². The van der Waals surface area contributed by atoms with E-state index in [1.54, 1.807) is 12.4 Å². The fraction of sp³-hybridized carbons (Fsp3) is 0.533. The van der Waals surface area contributed by atoms with E-state index in [0.717, 1.165) is 18.7 Å². The van der Waals surface area contributed by atoms with Crippen LogP contribution in [0.5, 0.6) is 0 Å². The predicted molar refractivity (Wildman–Crippen MR) is 87.6 cm³/mol. The lowest BCUT2D eigenvalue weighted by Crippen LogP contribution is -2.36. The standard InChI is InChI=1S/C15H21N5OS/c1-19(2)12-8-20(9-13(12)22-3)10-14-17-15(18-21-14)11-5-4-6-16-7-11/h4-7,12-13H,8-10H2,1-3H3/t12-,13+/m0/s1. The maximum absolute atomic E-state index is 5.39. The maximum atomic E-state index is 5.39. The summed E-state index contributed by atoms with van der Waals surface area (Å²) in [4.78, 5) is 13.3. The zero-order chi connectivity index (χ0) is 15.5. The Hall–Kier alpha value is -1.44. The monoisotopic (exact) mass is 319 g/mol. The second-order valence-corrected chi connectivity index (χ2v) is 6.83. The number of hydrogen-bond acceptors (Lipinski definition) is 7. The first-order valence-corrected chi connectivity index (χ1v) is 8.60. The molecule has 0 spiro atoms. The van der Waals surface area contributed by atoms with E-state index in [4.69, 9.17) is 4.52 Å². The van der Waals surface area contributed by atoms with E-state index in [0.29, 0.717) is 29.6 Å². The van der Waals surface area contributed by atoms with Gasteiger partial charge in [-0.05, 0) is 32.5 Å². The van der Waals surface area contributed by atoms with Crippen molar-refractivity contribution in [1.29, 1.82) is 0 Å². The van der Waals surface area contributed by atoms with Gasteiger partial charge in [0.1, 0.15) is 0 Å². The van der Waals surface area contributed by atoms with Crippen LogP contribution in [0.1, 0.15) is 5.89 Å². The van der Waals surface area contributed by atoms with E-state index in [9.17, 15) is 0 Å². The smallest absolute Gasteiger partial charge is 0.241 e. The van der Waals surface area contributed by atoms with Crippen molar-refractivity contribution in [1.82, 2.24) is 24.9 Å². The molecule has 6 nitrogen and oxygen atoms in total. The molecule has 118 valence electrons. The average molecular weight is 319 g/mol. The normalized spacial score (nSPS) is 22.5. The maximum Gasteiger partial charge on any atom is 0.241 e. The van der Waals surface area contributed by atoms with E-state index in [1.807, 2.05) is 23.9 Å². The highest BCUT2D eigenvalue weighted by Gasteiger charge is 2.34. The van der Waals surface area contributed by atoms with Gasteiger partial charge in [-0.2, -0.15) is 16.7 Å². The number of rotatable bonds is 5. The Labute approximate surface area is 134 Å². The van der Waals surface area contributed by atoms with Gasteiger partial charge < -0.3 is 9.42 Å². The second-order valence-electron chi connectivity index (χ2n) is 5.75. The van der Waals surface area contributed by atoms with Crippen LogP contribution in [-0.4, -0.2) is 69.7 Å². The summed E-state index contributed by atoms with van der Waals surface area (Å²) in [5.74, 6) is 1.27. The summed E-state index contributed by atoms with van der Waals surface area (Å²) in [6.07, 6.45) is 5.66. The lowest BCUT2D eigenvalue weighted by Gasteiger charge is -2.23. The molecule has 2 atom stereocenters. The molecule has 22 heavy (non-hydrogen) atoms. The van der Waals surface area contributed by atoms with Crippen LogP contribution >= 0.6 is 11.8 Å². The quantitative estimate of drug-likeness (QED) is 0.830. The summed E-state index contributed by atoms with van der Waals surface area (Å²) in [6, 6.07) is 4.37. The molecule has 0 amide bonds. The first kappa shape index (κ1) is 15.5. The zero-order valence-electron chi connectivity index (χ0n) is 13.1. The minimum Gasteiger partial charge on any atom is -0.338 e. The Balaban J connectivity index is 1.66. The van der Waals surface area contributed by atoms with Gasteiger partial charge in [-0.1, -0.05) is 5.16 Å². The van der Waals surface area contributed by atoms with Crippen molar-refractivity contribution in [2.75, 3.05) is 33.4 Å². The first-order chi connectivity index (χ1) is 10.7. The molecule has 1 aliphatic heterocycles. The fourth-order valence-corrected chi connectivity index (χ4v) is 3.82. The molecule has 3 rings (SSSR count). The van der Waals surface area contributed by atoms with Crippen LogP contribution in [0.3, 0.4) is 0 Å². The van der Waals surface area contributed by atoms with Crippen LogP contribution in [0.4, 0.5) is 0 Å². The molecule has 0 aliphatic carbocycles. The van der Waals surface area contributed by atoms with Gasteiger partial charge >= 0.3 is 0 Å². The van der Waals surface area contributed by atoms with Crippen molar-refractivity contribution >= 4 is 11.8 Å². The molecular weight excluding hydrogens is 298 g/mol. The molecule has 1 fully saturated rings. The third-order valence-electron chi connectivity index (χ3n) is 4.03. The molecule has 0 radical (unpaired) electrons. The van der Waals surface area contributed by atoms with Gasteiger partial charge in [0.15, 0.2) is 0 Å². The van der Waals surface area contributed by atoms with Crippen molar-refractivity contribution in [2.24, 2.45) is 0 Å². The number of hydrogen-bond donors (Lipinski definition) is 0. The molecule has 3 heterocycles. The van der Waals surface area contributed by atoms with E-state index in [1.165, 1.54) is 0 Å². The van der Waals surface area contributed by atoms with Crippen molar-refractivity contribution in [2.45, 2.75) is 17.8 Å². The summed E-state index contributed by atoms with van der Waals surface area (Å²) in [5.41, 5.74) is 0.882. The number of likely N-dealkylation sites (N-methyl/N-ethyl adjacent to an activating group) is 1. The lowest BCUT2D eigenvalue weighted by atomic mass is 10.2. The van der Waals surface area contributed by atoms with Gasteiger partial charge in [0.05, 0.1) is 6.54 Å². The molecule has 2 aromatic heterocycles. The predicted octanol–water partition coefficient (Wildman–Crippen LogP) is 1.61. The topological polar surface area (TPSA) is 58.3 Å². The third-order valence-corrected chi connectivity index (χ3v) is 5.09. The molecule has 0 bridgehead atoms. The SMILES string of the molecule is CS[C@@H]1CN(Cc2nc(-c3cccnc3)no2)C[C@@H]1N(C)C. The molecule has 1 aliphatic rings. The molecule has 0 saturated carbocycles. The number of aromatic nitrogens is 3. The van der Waals surface area contributed by atoms with Crippen LogP contribution in [0.2, 0.25) is 0 Å². The highest BCUT2D eigenvalue weighted by Crippen LogP contribution is 2.25. The Morgan fingerprint density at radius 1 is 1.41 bits per heavy atom. The van der Waals surface area contributed by atoms with Crippen molar-refractivity contribution < 1.29 is 4.52 Å². The van der Waals surface area contributed by atoms with Gasteiger partial charge in [0.25, 0.3) is 0 Å². The largest absolute Gasteiger partial charge is 0.338 e. The summed E-state index contributed by atoms with van der Waals surface area (Å²) in [5, 5.41) is 4.67. The fourth-order valence-electron chi connectivity index (χ4n) is 2.81. The molecule has 1 saturated heterocycles. The number of nitrogens with zero attached hydrogens (tertiary/aromatic N) is 5. The number of likely N-dealkylation sites (tertiary alicyclic amines) is 1. The molecular formula is C15H21N5OS. The lowest BCUT2D eigenvalue weighted by molar-refractivity contribution is 0.238. The summed E-state index contributed by atoms with van der Waals surface area (Å²) < 4.78 is 5.39. The number of pyridine rings is 1. The first-order valence-electron chi connectivity index (χ1n) is 7.32. The Morgan fingerprint density at radius 3 is 2.91 bits per heavy atom. The molecule has 2 aromatic rings. The number of thioether (sulfide) groups is 1. The van der Waals surface area contributed by atoms with E-state index in [2.05, 4.69) is 45.3 Å². The highest BCUT2D eigenvalue weighted by atomic mass is 32.2. The summed E-state index contributed by atoms with van der Waals surface area (Å²) in [6.45, 7) is 2.78. The van der Waals surface area contributed by atoms with Crippen LogP contribution < -0.4 is 0 Å². The van der Waals surface area contributed by atoms with Crippen LogP contribution in [0, 0.1) is 0 Å². The van der Waals surface area contributed by atoms with E-state index < -0.39 is 0 Å². The van der Waals surface area contributed by atoms with Gasteiger partial charge in [0.2, 0.25) is 11.7 Å². The Kier molecular flexibility index (Phi) is 4.75. The van der Waals surface area contributed by atoms with Crippen LogP contribution in [0.15, 0.2) is 29.0 Å². The summed E-state index contributed by atoms with van der Waals surface area (Å²) >= 11 is 1.93. The Bertz CT molecular complexity index is 603. The summed E-state index contributed by atoms with van der Waals surface area (Å²) in [7, 11) is 4.29. The van der Waals surface area contributed by atoms with Crippen LogP contribution in [-0.2, 0) is 6.54 Å². The average Bonchev–Trinajstić information content (AvgIpc) is 3.15. The second kappa shape index (κ2) is 6.76. The highest BCUT2D eigenvalue weighted by molar-refractivity contribution is 7.99. The Morgan fingerprint density at radius 2 is 2.27 bits per heavy atom.